The molecule has 6 nitrogen and oxygen atoms in total. The van der Waals surface area contributed by atoms with Crippen molar-refractivity contribution in [1.29, 1.82) is 0 Å². The Kier molecular flexibility index (Phi) is 5.21. The van der Waals surface area contributed by atoms with Crippen LogP contribution >= 0.6 is 0 Å². The lowest BCUT2D eigenvalue weighted by molar-refractivity contribution is -0.384. The van der Waals surface area contributed by atoms with Crippen LogP contribution in [0, 0.1) is 15.5 Å². The highest BCUT2D eigenvalue weighted by molar-refractivity contribution is 5.76. The molecule has 110 valence electrons. The molecule has 0 unspecified atom stereocenters. The maximum atomic E-state index is 11.8. The Morgan fingerprint density at radius 1 is 1.45 bits per heavy atom. The maximum Gasteiger partial charge on any atom is 0.323 e. The normalized spacial score (nSPS) is 12.8. The molecule has 0 fully saturated rings. The number of carbonyl (C=O) groups is 1. The molecule has 0 aromatic heterocycles. The predicted octanol–water partition coefficient (Wildman–Crippen LogP) is 2.27. The molecule has 0 heterocycles. The summed E-state index contributed by atoms with van der Waals surface area (Å²) in [7, 11) is 1.34. The van der Waals surface area contributed by atoms with Gasteiger partial charge in [0.15, 0.2) is 0 Å². The standard InChI is InChI=1S/C14H20N2O4/c1-14(2,3)12(13(17)20-4)15-9-10-6-5-7-11(8-10)16(18)19/h5-8,12,15H,9H2,1-4H3/t12-/m1/s1. The van der Waals surface area contributed by atoms with Crippen LogP contribution in [0.5, 0.6) is 0 Å². The molecule has 0 aliphatic heterocycles. The van der Waals surface area contributed by atoms with Crippen LogP contribution in [0.25, 0.3) is 0 Å². The summed E-state index contributed by atoms with van der Waals surface area (Å²) in [5.41, 5.74) is 0.473. The van der Waals surface area contributed by atoms with Crippen molar-refractivity contribution in [2.24, 2.45) is 5.41 Å². The summed E-state index contributed by atoms with van der Waals surface area (Å²) < 4.78 is 4.78. The third-order valence-corrected chi connectivity index (χ3v) is 2.93. The first-order valence-corrected chi connectivity index (χ1v) is 6.30. The molecule has 1 N–H and O–H groups in total. The van der Waals surface area contributed by atoms with Crippen LogP contribution < -0.4 is 5.32 Å². The van der Waals surface area contributed by atoms with Crippen molar-refractivity contribution in [2.45, 2.75) is 33.4 Å². The minimum Gasteiger partial charge on any atom is -0.468 e. The maximum absolute atomic E-state index is 11.8. The molecule has 20 heavy (non-hydrogen) atoms. The number of hydrogen-bond donors (Lipinski definition) is 1. The summed E-state index contributed by atoms with van der Waals surface area (Å²) in [6.45, 7) is 6.14. The van der Waals surface area contributed by atoms with E-state index in [0.717, 1.165) is 5.56 Å². The highest BCUT2D eigenvalue weighted by Crippen LogP contribution is 2.21. The van der Waals surface area contributed by atoms with Gasteiger partial charge in [0.2, 0.25) is 0 Å². The summed E-state index contributed by atoms with van der Waals surface area (Å²) in [6.07, 6.45) is 0. The number of non-ortho nitro benzene ring substituents is 1. The monoisotopic (exact) mass is 280 g/mol. The van der Waals surface area contributed by atoms with Crippen LogP contribution in [0.3, 0.4) is 0 Å². The van der Waals surface area contributed by atoms with E-state index < -0.39 is 11.0 Å². The van der Waals surface area contributed by atoms with Crippen LogP contribution in [0.2, 0.25) is 0 Å². The van der Waals surface area contributed by atoms with Gasteiger partial charge in [0.25, 0.3) is 5.69 Å². The molecular weight excluding hydrogens is 260 g/mol. The van der Waals surface area contributed by atoms with Gasteiger partial charge in [-0.1, -0.05) is 32.9 Å². The molecule has 0 aliphatic rings. The van der Waals surface area contributed by atoms with Crippen molar-refractivity contribution < 1.29 is 14.5 Å². The van der Waals surface area contributed by atoms with Crippen molar-refractivity contribution in [1.82, 2.24) is 5.32 Å². The minimum absolute atomic E-state index is 0.0367. The molecule has 1 aromatic carbocycles. The number of nitro benzene ring substituents is 1. The van der Waals surface area contributed by atoms with Gasteiger partial charge in [-0.25, -0.2) is 0 Å². The fraction of sp³-hybridized carbons (Fsp3) is 0.500. The fourth-order valence-corrected chi connectivity index (χ4v) is 1.86. The number of benzene rings is 1. The largest absolute Gasteiger partial charge is 0.468 e. The second kappa shape index (κ2) is 6.47. The molecule has 0 saturated carbocycles. The van der Waals surface area contributed by atoms with Gasteiger partial charge >= 0.3 is 5.97 Å². The van der Waals surface area contributed by atoms with Gasteiger partial charge in [0, 0.05) is 18.7 Å². The minimum atomic E-state index is -0.480. The number of carbonyl (C=O) groups excluding carboxylic acids is 1. The third-order valence-electron chi connectivity index (χ3n) is 2.93. The predicted molar refractivity (Wildman–Crippen MR) is 75.2 cm³/mol. The number of nitrogens with zero attached hydrogens (tertiary/aromatic N) is 1. The van der Waals surface area contributed by atoms with Crippen molar-refractivity contribution >= 4 is 11.7 Å². The highest BCUT2D eigenvalue weighted by atomic mass is 16.6. The quantitative estimate of drug-likeness (QED) is 0.508. The van der Waals surface area contributed by atoms with Crippen molar-refractivity contribution in [3.05, 3.63) is 39.9 Å². The molecule has 0 spiro atoms. The van der Waals surface area contributed by atoms with Gasteiger partial charge in [-0.2, -0.15) is 0 Å². The van der Waals surface area contributed by atoms with Gasteiger partial charge in [0.05, 0.1) is 12.0 Å². The van der Waals surface area contributed by atoms with Crippen molar-refractivity contribution in [3.8, 4) is 0 Å². The van der Waals surface area contributed by atoms with Gasteiger partial charge < -0.3 is 4.74 Å². The first-order chi connectivity index (χ1) is 9.25. The van der Waals surface area contributed by atoms with Crippen LogP contribution in [0.15, 0.2) is 24.3 Å². The van der Waals surface area contributed by atoms with E-state index in [1.165, 1.54) is 19.2 Å². The Morgan fingerprint density at radius 3 is 2.60 bits per heavy atom. The fourth-order valence-electron chi connectivity index (χ4n) is 1.86. The first kappa shape index (κ1) is 16.1. The second-order valence-corrected chi connectivity index (χ2v) is 5.63. The Labute approximate surface area is 118 Å². The lowest BCUT2D eigenvalue weighted by atomic mass is 9.86. The number of methoxy groups -OCH3 is 1. The Balaban J connectivity index is 2.80. The first-order valence-electron chi connectivity index (χ1n) is 6.30. The number of nitro groups is 1. The van der Waals surface area contributed by atoms with Gasteiger partial charge in [0.1, 0.15) is 6.04 Å². The molecule has 1 aromatic rings. The molecule has 6 heteroatoms. The highest BCUT2D eigenvalue weighted by Gasteiger charge is 2.31. The molecule has 1 rings (SSSR count). The molecule has 0 bridgehead atoms. The zero-order valence-corrected chi connectivity index (χ0v) is 12.2. The van der Waals surface area contributed by atoms with Crippen LogP contribution in [-0.4, -0.2) is 24.0 Å². The number of nitrogens with one attached hydrogen (secondary N) is 1. The molecule has 0 aliphatic carbocycles. The van der Waals surface area contributed by atoms with E-state index in [9.17, 15) is 14.9 Å². The van der Waals surface area contributed by atoms with Crippen LogP contribution in [-0.2, 0) is 16.1 Å². The Morgan fingerprint density at radius 2 is 2.10 bits per heavy atom. The number of esters is 1. The lowest BCUT2D eigenvalue weighted by Gasteiger charge is -2.29. The SMILES string of the molecule is COC(=O)[C@@H](NCc1cccc([N+](=O)[O-])c1)C(C)(C)C. The lowest BCUT2D eigenvalue weighted by Crippen LogP contribution is -2.46. The van der Waals surface area contributed by atoms with Gasteiger partial charge in [-0.3, -0.25) is 20.2 Å². The zero-order valence-electron chi connectivity index (χ0n) is 12.2. The van der Waals surface area contributed by atoms with Gasteiger partial charge in [-0.05, 0) is 11.0 Å². The van der Waals surface area contributed by atoms with E-state index in [1.807, 2.05) is 20.8 Å². The number of hydrogen-bond acceptors (Lipinski definition) is 5. The average molecular weight is 280 g/mol. The number of rotatable bonds is 5. The van der Waals surface area contributed by atoms with Crippen LogP contribution in [0.4, 0.5) is 5.69 Å². The Hall–Kier alpha value is -1.95. The summed E-state index contributed by atoms with van der Waals surface area (Å²) in [6, 6.07) is 5.84. The molecule has 0 radical (unpaired) electrons. The van der Waals surface area contributed by atoms with E-state index >= 15 is 0 Å². The average Bonchev–Trinajstić information content (AvgIpc) is 2.37. The van der Waals surface area contributed by atoms with E-state index in [1.54, 1.807) is 12.1 Å². The molecule has 0 saturated heterocycles. The van der Waals surface area contributed by atoms with Crippen molar-refractivity contribution in [2.75, 3.05) is 7.11 Å². The Bertz CT molecular complexity index is 494. The van der Waals surface area contributed by atoms with E-state index in [2.05, 4.69) is 5.32 Å². The smallest absolute Gasteiger partial charge is 0.323 e. The summed E-state index contributed by atoms with van der Waals surface area (Å²) in [4.78, 5) is 22.0. The topological polar surface area (TPSA) is 81.5 Å². The van der Waals surface area contributed by atoms with Crippen molar-refractivity contribution in [3.63, 3.8) is 0 Å². The van der Waals surface area contributed by atoms with E-state index in [0.29, 0.717) is 6.54 Å². The zero-order chi connectivity index (χ0) is 15.3. The van der Waals surface area contributed by atoms with Gasteiger partial charge in [-0.15, -0.1) is 0 Å². The summed E-state index contributed by atoms with van der Waals surface area (Å²) >= 11 is 0. The molecule has 0 amide bonds. The molecule has 1 atom stereocenters. The summed E-state index contributed by atoms with van der Waals surface area (Å²) in [5.74, 6) is -0.345. The van der Waals surface area contributed by atoms with Crippen LogP contribution in [0.1, 0.15) is 26.3 Å². The summed E-state index contributed by atoms with van der Waals surface area (Å²) in [5, 5.41) is 13.8. The second-order valence-electron chi connectivity index (χ2n) is 5.63. The molecular formula is C14H20N2O4. The van der Waals surface area contributed by atoms with E-state index in [4.69, 9.17) is 4.74 Å². The van der Waals surface area contributed by atoms with E-state index in [-0.39, 0.29) is 17.1 Å². The number of ether oxygens (including phenoxy) is 1. The third kappa shape index (κ3) is 4.31.